The van der Waals surface area contributed by atoms with Crippen LogP contribution in [0.3, 0.4) is 0 Å². The number of fused-ring (bicyclic) bond motifs is 4. The minimum Gasteiger partial charge on any atom is -0.512 e. The highest BCUT2D eigenvalue weighted by atomic mass is 16.3. The zero-order valence-corrected chi connectivity index (χ0v) is 12.5. The Morgan fingerprint density at radius 1 is 1.29 bits per heavy atom. The van der Waals surface area contributed by atoms with Gasteiger partial charge in [-0.25, -0.2) is 0 Å². The second kappa shape index (κ2) is 4.10. The van der Waals surface area contributed by atoms with Crippen molar-refractivity contribution in [2.75, 3.05) is 11.9 Å². The highest BCUT2D eigenvalue weighted by molar-refractivity contribution is 5.93. The number of aromatic nitrogens is 1. The summed E-state index contributed by atoms with van der Waals surface area (Å²) in [4.78, 5) is 6.52. The average Bonchev–Trinajstić information content (AvgIpc) is 2.77. The number of benzene rings is 1. The third-order valence-corrected chi connectivity index (χ3v) is 4.96. The van der Waals surface area contributed by atoms with Crippen LogP contribution >= 0.6 is 0 Å². The molecule has 4 rings (SSSR count). The zero-order valence-electron chi connectivity index (χ0n) is 12.5. The van der Waals surface area contributed by atoms with E-state index in [0.29, 0.717) is 5.76 Å². The van der Waals surface area contributed by atoms with Gasteiger partial charge in [-0.05, 0) is 47.7 Å². The lowest BCUT2D eigenvalue weighted by molar-refractivity contribution is 0.321. The second-order valence-corrected chi connectivity index (χ2v) is 6.04. The number of aliphatic hydroxyl groups excluding tert-OH is 1. The Bertz CT molecular complexity index is 819. The van der Waals surface area contributed by atoms with E-state index in [0.717, 1.165) is 0 Å². The topological polar surface area (TPSA) is 36.4 Å². The molecule has 3 nitrogen and oxygen atoms in total. The predicted octanol–water partition coefficient (Wildman–Crippen LogP) is 4.05. The molecule has 0 radical (unpaired) electrons. The Balaban J connectivity index is 2.04. The monoisotopic (exact) mass is 278 g/mol. The van der Waals surface area contributed by atoms with Crippen LogP contribution in [0.4, 0.5) is 5.69 Å². The van der Waals surface area contributed by atoms with Crippen LogP contribution in [0.1, 0.15) is 24.0 Å². The van der Waals surface area contributed by atoms with Crippen LogP contribution in [0, 0.1) is 12.8 Å². The lowest BCUT2D eigenvalue weighted by Gasteiger charge is -2.26. The maximum Gasteiger partial charge on any atom is 0.0961 e. The first-order chi connectivity index (χ1) is 10.1. The maximum atomic E-state index is 10.1. The molecule has 1 aliphatic heterocycles. The van der Waals surface area contributed by atoms with E-state index < -0.39 is 0 Å². The van der Waals surface area contributed by atoms with Crippen molar-refractivity contribution in [2.24, 2.45) is 5.92 Å². The maximum absolute atomic E-state index is 10.1. The van der Waals surface area contributed by atoms with E-state index in [2.05, 4.69) is 42.9 Å². The van der Waals surface area contributed by atoms with Gasteiger partial charge in [0.05, 0.1) is 5.76 Å². The summed E-state index contributed by atoms with van der Waals surface area (Å²) in [7, 11) is 2.12. The van der Waals surface area contributed by atoms with Crippen molar-refractivity contribution < 1.29 is 5.11 Å². The third-order valence-electron chi connectivity index (χ3n) is 4.96. The second-order valence-electron chi connectivity index (χ2n) is 6.04. The normalized spacial score (nSPS) is 23.7. The van der Waals surface area contributed by atoms with Gasteiger partial charge in [0.25, 0.3) is 0 Å². The van der Waals surface area contributed by atoms with E-state index in [1.807, 2.05) is 24.5 Å². The molecular weight excluding hydrogens is 260 g/mol. The average molecular weight is 278 g/mol. The lowest BCUT2D eigenvalue weighted by atomic mass is 9.81. The van der Waals surface area contributed by atoms with Gasteiger partial charge in [-0.2, -0.15) is 0 Å². The quantitative estimate of drug-likeness (QED) is 0.789. The van der Waals surface area contributed by atoms with E-state index in [9.17, 15) is 5.11 Å². The first-order valence-electron chi connectivity index (χ1n) is 7.31. The van der Waals surface area contributed by atoms with Gasteiger partial charge in [-0.3, -0.25) is 4.98 Å². The number of hydrogen-bond acceptors (Lipinski definition) is 3. The molecule has 3 heteroatoms. The van der Waals surface area contributed by atoms with Crippen molar-refractivity contribution in [1.82, 2.24) is 4.98 Å². The number of aryl methyl sites for hydroxylation is 1. The summed E-state index contributed by atoms with van der Waals surface area (Å²) in [6, 6.07) is 4.32. The molecule has 0 bridgehead atoms. The van der Waals surface area contributed by atoms with Gasteiger partial charge in [0.1, 0.15) is 0 Å². The van der Waals surface area contributed by atoms with E-state index in [1.165, 1.54) is 33.3 Å². The molecule has 0 spiro atoms. The molecule has 21 heavy (non-hydrogen) atoms. The Kier molecular flexibility index (Phi) is 2.43. The fourth-order valence-corrected chi connectivity index (χ4v) is 3.86. The molecule has 1 aromatic carbocycles. The molecule has 1 aromatic heterocycles. The third kappa shape index (κ3) is 1.52. The molecule has 2 aliphatic rings. The van der Waals surface area contributed by atoms with Crippen LogP contribution < -0.4 is 4.90 Å². The van der Waals surface area contributed by atoms with Crippen LogP contribution in [0.5, 0.6) is 0 Å². The number of aliphatic hydroxyl groups is 1. The minimum atomic E-state index is 0.113. The molecule has 2 aromatic rings. The number of hydrogen-bond donors (Lipinski definition) is 1. The van der Waals surface area contributed by atoms with Gasteiger partial charge in [0, 0.05) is 48.0 Å². The minimum absolute atomic E-state index is 0.113. The van der Waals surface area contributed by atoms with Crippen molar-refractivity contribution in [3.8, 4) is 0 Å². The molecule has 2 atom stereocenters. The molecule has 0 saturated carbocycles. The number of pyridine rings is 1. The lowest BCUT2D eigenvalue weighted by Crippen LogP contribution is -2.20. The van der Waals surface area contributed by atoms with Gasteiger partial charge < -0.3 is 10.0 Å². The molecule has 1 N–H and O–H groups in total. The van der Waals surface area contributed by atoms with Crippen molar-refractivity contribution in [1.29, 1.82) is 0 Å². The number of allylic oxidation sites excluding steroid dienone is 4. The van der Waals surface area contributed by atoms with Crippen molar-refractivity contribution in [2.45, 2.75) is 19.8 Å². The molecule has 106 valence electrons. The number of likely N-dealkylation sites (N-methyl/N-ethyl adjacent to an activating group) is 1. The van der Waals surface area contributed by atoms with Gasteiger partial charge in [0.2, 0.25) is 0 Å². The Morgan fingerprint density at radius 2 is 2.10 bits per heavy atom. The summed E-state index contributed by atoms with van der Waals surface area (Å²) in [5, 5.41) is 12.5. The Morgan fingerprint density at radius 3 is 2.90 bits per heavy atom. The summed E-state index contributed by atoms with van der Waals surface area (Å²) in [6.45, 7) is 4.27. The van der Waals surface area contributed by atoms with Gasteiger partial charge in [0.15, 0.2) is 0 Å². The highest BCUT2D eigenvalue weighted by Gasteiger charge is 2.39. The van der Waals surface area contributed by atoms with E-state index in [1.54, 1.807) is 0 Å². The summed E-state index contributed by atoms with van der Waals surface area (Å²) < 4.78 is 0. The van der Waals surface area contributed by atoms with Gasteiger partial charge in [-0.15, -0.1) is 0 Å². The molecule has 1 aliphatic carbocycles. The molecular formula is C18H18N2O. The van der Waals surface area contributed by atoms with Crippen LogP contribution in [0.25, 0.3) is 10.8 Å². The summed E-state index contributed by atoms with van der Waals surface area (Å²) in [5.74, 6) is 0.814. The van der Waals surface area contributed by atoms with Crippen molar-refractivity contribution in [3.05, 3.63) is 59.3 Å². The van der Waals surface area contributed by atoms with Crippen molar-refractivity contribution >= 4 is 16.5 Å². The number of rotatable bonds is 0. The summed E-state index contributed by atoms with van der Waals surface area (Å²) in [6.07, 6.45) is 7.64. The molecule has 2 heterocycles. The van der Waals surface area contributed by atoms with Crippen LogP contribution in [-0.2, 0) is 0 Å². The van der Waals surface area contributed by atoms with E-state index in [4.69, 9.17) is 0 Å². The molecule has 0 saturated heterocycles. The molecule has 0 amide bonds. The molecule has 0 fully saturated rings. The number of nitrogens with zero attached hydrogens (tertiary/aromatic N) is 2. The van der Waals surface area contributed by atoms with Crippen molar-refractivity contribution in [3.63, 3.8) is 0 Å². The standard InChI is InChI=1S/C18H18N2O/c1-10-13-6-7-19-9-12(13)8-14-17-11(2)16(21)5-4-15(17)20(3)18(10)14/h4-9,11,17,21H,1-3H3. The largest absolute Gasteiger partial charge is 0.512 e. The first-order valence-corrected chi connectivity index (χ1v) is 7.31. The van der Waals surface area contributed by atoms with Crippen LogP contribution in [0.15, 0.2) is 48.1 Å². The SMILES string of the molecule is Cc1c2c(cc3cnccc13)C1C(=CC=C(O)C1C)N2C. The Labute approximate surface area is 124 Å². The van der Waals surface area contributed by atoms with Crippen LogP contribution in [0.2, 0.25) is 0 Å². The van der Waals surface area contributed by atoms with E-state index >= 15 is 0 Å². The smallest absolute Gasteiger partial charge is 0.0961 e. The van der Waals surface area contributed by atoms with E-state index in [-0.39, 0.29) is 11.8 Å². The van der Waals surface area contributed by atoms with Gasteiger partial charge >= 0.3 is 0 Å². The summed E-state index contributed by atoms with van der Waals surface area (Å²) in [5.41, 5.74) is 5.13. The number of anilines is 1. The fourth-order valence-electron chi connectivity index (χ4n) is 3.86. The summed E-state index contributed by atoms with van der Waals surface area (Å²) >= 11 is 0. The predicted molar refractivity (Wildman–Crippen MR) is 85.6 cm³/mol. The van der Waals surface area contributed by atoms with Gasteiger partial charge in [-0.1, -0.05) is 6.92 Å². The molecule has 2 unspecified atom stereocenters. The van der Waals surface area contributed by atoms with Crippen LogP contribution in [-0.4, -0.2) is 17.1 Å². The fraction of sp³-hybridized carbons (Fsp3) is 0.278. The zero-order chi connectivity index (χ0) is 14.7. The Hall–Kier alpha value is -2.29. The first kappa shape index (κ1) is 12.5. The highest BCUT2D eigenvalue weighted by Crippen LogP contribution is 2.52.